The smallest absolute Gasteiger partial charge is 0.305 e. The van der Waals surface area contributed by atoms with Gasteiger partial charge in [0.15, 0.2) is 5.69 Å². The van der Waals surface area contributed by atoms with Crippen LogP contribution in [-0.4, -0.2) is 46.0 Å². The highest BCUT2D eigenvalue weighted by Gasteiger charge is 2.31. The monoisotopic (exact) mass is 377 g/mol. The van der Waals surface area contributed by atoms with Crippen LogP contribution in [-0.2, 0) is 9.53 Å². The molecule has 0 aliphatic carbocycles. The van der Waals surface area contributed by atoms with E-state index in [0.717, 1.165) is 4.68 Å². The summed E-state index contributed by atoms with van der Waals surface area (Å²) in [6.45, 7) is 2.95. The highest BCUT2D eigenvalue weighted by molar-refractivity contribution is 5.93. The molecule has 0 spiro atoms. The summed E-state index contributed by atoms with van der Waals surface area (Å²) in [5, 5.41) is 15.5. The molecule has 2 rings (SSSR count). The number of aryl methyl sites for hydroxylation is 1. The van der Waals surface area contributed by atoms with Gasteiger partial charge in [0.2, 0.25) is 5.43 Å². The van der Waals surface area contributed by atoms with E-state index in [1.54, 1.807) is 13.0 Å². The van der Waals surface area contributed by atoms with Crippen LogP contribution in [0.3, 0.4) is 0 Å². The van der Waals surface area contributed by atoms with Crippen LogP contribution in [0.15, 0.2) is 35.1 Å². The molecule has 0 saturated heterocycles. The molecular weight excluding hydrogens is 357 g/mol. The number of hydrogen-bond donors (Lipinski definition) is 2. The van der Waals surface area contributed by atoms with Crippen LogP contribution in [0.25, 0.3) is 5.69 Å². The Bertz CT molecular complexity index is 927. The lowest BCUT2D eigenvalue weighted by molar-refractivity contribution is -0.139. The molecule has 0 bridgehead atoms. The van der Waals surface area contributed by atoms with Gasteiger partial charge < -0.3 is 15.2 Å². The average molecular weight is 377 g/mol. The van der Waals surface area contributed by atoms with Crippen molar-refractivity contribution in [1.82, 2.24) is 15.1 Å². The number of nitrogens with zero attached hydrogens (tertiary/aromatic N) is 2. The van der Waals surface area contributed by atoms with Gasteiger partial charge in [-0.15, -0.1) is 0 Å². The molecule has 1 unspecified atom stereocenters. The fourth-order valence-electron chi connectivity index (χ4n) is 2.69. The molecule has 0 aliphatic rings. The van der Waals surface area contributed by atoms with Gasteiger partial charge in [-0.1, -0.05) is 12.1 Å². The topological polar surface area (TPSA) is 111 Å². The fourth-order valence-corrected chi connectivity index (χ4v) is 2.69. The maximum absolute atomic E-state index is 14.1. The van der Waals surface area contributed by atoms with Crippen LogP contribution in [0.4, 0.5) is 4.39 Å². The third-order valence-corrected chi connectivity index (χ3v) is 3.82. The van der Waals surface area contributed by atoms with Gasteiger partial charge in [0.25, 0.3) is 5.91 Å². The molecule has 9 heteroatoms. The molecule has 27 heavy (non-hydrogen) atoms. The number of carbonyl (C=O) groups is 2. The number of benzene rings is 1. The average Bonchev–Trinajstić information content (AvgIpc) is 2.55. The van der Waals surface area contributed by atoms with Crippen LogP contribution in [0, 0.1) is 12.7 Å². The minimum atomic E-state index is -1.25. The molecule has 0 saturated carbocycles. The first-order valence-electron chi connectivity index (χ1n) is 8.06. The summed E-state index contributed by atoms with van der Waals surface area (Å²) in [4.78, 5) is 35.9. The Labute approximate surface area is 154 Å². The van der Waals surface area contributed by atoms with Crippen LogP contribution in [0.1, 0.15) is 29.5 Å². The van der Waals surface area contributed by atoms with E-state index in [9.17, 15) is 18.8 Å². The van der Waals surface area contributed by atoms with E-state index in [-0.39, 0.29) is 12.3 Å². The van der Waals surface area contributed by atoms with Gasteiger partial charge in [-0.2, -0.15) is 5.10 Å². The summed E-state index contributed by atoms with van der Waals surface area (Å²) in [6.07, 6.45) is -0.417. The van der Waals surface area contributed by atoms with E-state index in [2.05, 4.69) is 10.4 Å². The zero-order chi connectivity index (χ0) is 20.2. The highest BCUT2D eigenvalue weighted by atomic mass is 19.1. The standard InChI is InChI=1S/C18H20FN3O5/c1-11-8-14(23)16(21-22(11)13-7-5-4-6-12(13)19)17(26)20-18(2,10-27-3)9-15(24)25/h4-8H,9-10H2,1-3H3,(H,20,26)(H,24,25). The largest absolute Gasteiger partial charge is 0.481 e. The Morgan fingerprint density at radius 2 is 2.04 bits per heavy atom. The molecule has 1 aromatic carbocycles. The number of methoxy groups -OCH3 is 1. The number of carbonyl (C=O) groups excluding carboxylic acids is 1. The quantitative estimate of drug-likeness (QED) is 0.752. The molecule has 1 heterocycles. The maximum atomic E-state index is 14.1. The molecule has 1 aromatic heterocycles. The van der Waals surface area contributed by atoms with Crippen molar-refractivity contribution >= 4 is 11.9 Å². The lowest BCUT2D eigenvalue weighted by atomic mass is 9.98. The zero-order valence-corrected chi connectivity index (χ0v) is 15.2. The van der Waals surface area contributed by atoms with Gasteiger partial charge in [0, 0.05) is 18.9 Å². The van der Waals surface area contributed by atoms with E-state index in [4.69, 9.17) is 9.84 Å². The van der Waals surface area contributed by atoms with Crippen molar-refractivity contribution in [2.75, 3.05) is 13.7 Å². The zero-order valence-electron chi connectivity index (χ0n) is 15.2. The second-order valence-corrected chi connectivity index (χ2v) is 6.38. The van der Waals surface area contributed by atoms with Gasteiger partial charge >= 0.3 is 5.97 Å². The van der Waals surface area contributed by atoms with E-state index < -0.39 is 40.8 Å². The second kappa shape index (κ2) is 8.09. The lowest BCUT2D eigenvalue weighted by Crippen LogP contribution is -2.52. The van der Waals surface area contributed by atoms with Gasteiger partial charge in [-0.3, -0.25) is 14.4 Å². The minimum Gasteiger partial charge on any atom is -0.481 e. The van der Waals surface area contributed by atoms with Gasteiger partial charge in [-0.05, 0) is 26.0 Å². The van der Waals surface area contributed by atoms with Crippen LogP contribution in [0.5, 0.6) is 0 Å². The fraction of sp³-hybridized carbons (Fsp3) is 0.333. The molecule has 1 atom stereocenters. The molecule has 0 aliphatic heterocycles. The molecule has 8 nitrogen and oxygen atoms in total. The Hall–Kier alpha value is -3.07. The number of hydrogen-bond acceptors (Lipinski definition) is 5. The van der Waals surface area contributed by atoms with Crippen LogP contribution >= 0.6 is 0 Å². The van der Waals surface area contributed by atoms with Crippen LogP contribution < -0.4 is 10.7 Å². The summed E-state index contributed by atoms with van der Waals surface area (Å²) in [6, 6.07) is 6.96. The van der Waals surface area contributed by atoms with Gasteiger partial charge in [0.05, 0.1) is 18.6 Å². The molecule has 2 aromatic rings. The number of nitrogens with one attached hydrogen (secondary N) is 1. The Balaban J connectivity index is 2.44. The third kappa shape index (κ3) is 4.76. The van der Waals surface area contributed by atoms with Crippen molar-refractivity contribution in [2.24, 2.45) is 0 Å². The number of carboxylic acids is 1. The number of aliphatic carboxylic acids is 1. The number of carboxylic acid groups (broad SMARTS) is 1. The summed E-state index contributed by atoms with van der Waals surface area (Å²) in [7, 11) is 1.36. The Kier molecular flexibility index (Phi) is 6.06. The predicted molar refractivity (Wildman–Crippen MR) is 94.5 cm³/mol. The predicted octanol–water partition coefficient (Wildman–Crippen LogP) is 1.29. The number of rotatable bonds is 7. The first-order chi connectivity index (χ1) is 12.7. The molecular formula is C18H20FN3O5. The van der Waals surface area contributed by atoms with Crippen molar-refractivity contribution in [3.8, 4) is 5.69 Å². The van der Waals surface area contributed by atoms with Crippen molar-refractivity contribution in [3.63, 3.8) is 0 Å². The molecule has 2 N–H and O–H groups in total. The first kappa shape index (κ1) is 20.2. The Morgan fingerprint density at radius 1 is 1.37 bits per heavy atom. The van der Waals surface area contributed by atoms with Gasteiger partial charge in [0.1, 0.15) is 11.5 Å². The van der Waals surface area contributed by atoms with E-state index in [1.807, 2.05) is 0 Å². The molecule has 0 radical (unpaired) electrons. The van der Waals surface area contributed by atoms with E-state index >= 15 is 0 Å². The number of aromatic nitrogens is 2. The van der Waals surface area contributed by atoms with Gasteiger partial charge in [-0.25, -0.2) is 9.07 Å². The SMILES string of the molecule is COCC(C)(CC(=O)O)NC(=O)c1nn(-c2ccccc2F)c(C)cc1=O. The first-order valence-corrected chi connectivity index (χ1v) is 8.06. The molecule has 144 valence electrons. The van der Waals surface area contributed by atoms with Crippen molar-refractivity contribution < 1.29 is 23.8 Å². The minimum absolute atomic E-state index is 0.0780. The number of amides is 1. The highest BCUT2D eigenvalue weighted by Crippen LogP contribution is 2.14. The summed E-state index contributed by atoms with van der Waals surface area (Å²) in [5.41, 5.74) is -1.97. The summed E-state index contributed by atoms with van der Waals surface area (Å²) >= 11 is 0. The number of para-hydroxylation sites is 1. The van der Waals surface area contributed by atoms with Crippen molar-refractivity contribution in [3.05, 3.63) is 57.8 Å². The van der Waals surface area contributed by atoms with Crippen molar-refractivity contribution in [1.29, 1.82) is 0 Å². The summed E-state index contributed by atoms with van der Waals surface area (Å²) < 4.78 is 20.2. The van der Waals surface area contributed by atoms with E-state index in [0.29, 0.717) is 5.69 Å². The van der Waals surface area contributed by atoms with E-state index in [1.165, 1.54) is 38.3 Å². The normalized spacial score (nSPS) is 13.0. The van der Waals surface area contributed by atoms with Crippen molar-refractivity contribution in [2.45, 2.75) is 25.8 Å². The maximum Gasteiger partial charge on any atom is 0.305 e. The second-order valence-electron chi connectivity index (χ2n) is 6.38. The summed E-state index contributed by atoms with van der Waals surface area (Å²) in [5.74, 6) is -2.58. The number of ether oxygens (including phenoxy) is 1. The number of halogens is 1. The Morgan fingerprint density at radius 3 is 2.63 bits per heavy atom. The van der Waals surface area contributed by atoms with Crippen LogP contribution in [0.2, 0.25) is 0 Å². The molecule has 1 amide bonds. The molecule has 0 fully saturated rings. The third-order valence-electron chi connectivity index (χ3n) is 3.82. The lowest BCUT2D eigenvalue weighted by Gasteiger charge is -2.28.